The number of halogens is 1. The van der Waals surface area contributed by atoms with E-state index in [9.17, 15) is 19.5 Å². The zero-order chi connectivity index (χ0) is 23.3. The minimum absolute atomic E-state index is 0.0257. The lowest BCUT2D eigenvalue weighted by atomic mass is 10.1. The summed E-state index contributed by atoms with van der Waals surface area (Å²) >= 11 is 6.07. The van der Waals surface area contributed by atoms with Crippen molar-refractivity contribution in [2.24, 2.45) is 5.73 Å². The average Bonchev–Trinajstić information content (AvgIpc) is 2.79. The van der Waals surface area contributed by atoms with E-state index in [0.717, 1.165) is 11.1 Å². The lowest BCUT2D eigenvalue weighted by Crippen LogP contribution is -2.31. The van der Waals surface area contributed by atoms with E-state index in [1.807, 2.05) is 13.0 Å². The fourth-order valence-corrected chi connectivity index (χ4v) is 2.94. The van der Waals surface area contributed by atoms with E-state index in [1.54, 1.807) is 42.5 Å². The lowest BCUT2D eigenvalue weighted by molar-refractivity contribution is -0.146. The standard InChI is InChI=1S/C22H21ClN4O5/c1-12-7-8-14(9-15(12)23)10-25-20(29)17-18(28)21(30)27-19(26-17)16(24)22(31)32-11-13-5-3-2-4-6-13/h2-9,16,28H,10-11,24H2,1H3,(H,25,29)(H,26,27,30). The highest BCUT2D eigenvalue weighted by molar-refractivity contribution is 6.31. The monoisotopic (exact) mass is 456 g/mol. The van der Waals surface area contributed by atoms with E-state index in [1.165, 1.54) is 0 Å². The van der Waals surface area contributed by atoms with Crippen LogP contribution in [0.25, 0.3) is 0 Å². The van der Waals surface area contributed by atoms with Gasteiger partial charge in [0.15, 0.2) is 11.7 Å². The van der Waals surface area contributed by atoms with E-state index in [-0.39, 0.29) is 19.0 Å². The van der Waals surface area contributed by atoms with Gasteiger partial charge in [0.2, 0.25) is 5.75 Å². The Hall–Kier alpha value is -3.69. The van der Waals surface area contributed by atoms with E-state index in [4.69, 9.17) is 22.1 Å². The highest BCUT2D eigenvalue weighted by Crippen LogP contribution is 2.17. The smallest absolute Gasteiger partial charge is 0.331 e. The van der Waals surface area contributed by atoms with Crippen molar-refractivity contribution in [3.63, 3.8) is 0 Å². The Morgan fingerprint density at radius 1 is 1.22 bits per heavy atom. The molecule has 0 aliphatic rings. The molecule has 32 heavy (non-hydrogen) atoms. The molecule has 3 rings (SSSR count). The third-order valence-electron chi connectivity index (χ3n) is 4.59. The van der Waals surface area contributed by atoms with Gasteiger partial charge in [0.1, 0.15) is 12.4 Å². The van der Waals surface area contributed by atoms with Crippen LogP contribution in [0.4, 0.5) is 0 Å². The summed E-state index contributed by atoms with van der Waals surface area (Å²) in [5.74, 6) is -2.88. The first-order valence-corrected chi connectivity index (χ1v) is 9.96. The quantitative estimate of drug-likeness (QED) is 0.398. The van der Waals surface area contributed by atoms with E-state index in [0.29, 0.717) is 10.6 Å². The summed E-state index contributed by atoms with van der Waals surface area (Å²) in [4.78, 5) is 43.0. The molecule has 1 heterocycles. The number of ether oxygens (including phenoxy) is 1. The second kappa shape index (κ2) is 10.1. The molecule has 0 fully saturated rings. The minimum Gasteiger partial charge on any atom is -0.501 e. The van der Waals surface area contributed by atoms with Crippen LogP contribution in [-0.4, -0.2) is 27.0 Å². The van der Waals surface area contributed by atoms with Crippen LogP contribution in [0.5, 0.6) is 5.75 Å². The van der Waals surface area contributed by atoms with Gasteiger partial charge in [-0.25, -0.2) is 9.78 Å². The molecule has 0 radical (unpaired) electrons. The summed E-state index contributed by atoms with van der Waals surface area (Å²) < 4.78 is 5.14. The van der Waals surface area contributed by atoms with Crippen molar-refractivity contribution < 1.29 is 19.4 Å². The van der Waals surface area contributed by atoms with Gasteiger partial charge in [0.05, 0.1) is 0 Å². The molecule has 1 atom stereocenters. The highest BCUT2D eigenvalue weighted by atomic mass is 35.5. The maximum atomic E-state index is 12.5. The van der Waals surface area contributed by atoms with Gasteiger partial charge in [-0.2, -0.15) is 0 Å². The Balaban J connectivity index is 1.72. The number of amides is 1. The molecule has 0 aliphatic carbocycles. The van der Waals surface area contributed by atoms with Crippen molar-refractivity contribution in [1.29, 1.82) is 0 Å². The Morgan fingerprint density at radius 3 is 2.62 bits per heavy atom. The molecule has 1 aromatic heterocycles. The number of benzene rings is 2. The summed E-state index contributed by atoms with van der Waals surface area (Å²) in [7, 11) is 0. The zero-order valence-corrected chi connectivity index (χ0v) is 17.8. The second-order valence-electron chi connectivity index (χ2n) is 6.99. The molecule has 0 bridgehead atoms. The van der Waals surface area contributed by atoms with Gasteiger partial charge in [-0.15, -0.1) is 0 Å². The Labute approximate surface area is 188 Å². The Kier molecular flexibility index (Phi) is 7.24. The summed E-state index contributed by atoms with van der Waals surface area (Å²) in [5.41, 5.74) is 6.62. The van der Waals surface area contributed by atoms with E-state index < -0.39 is 34.9 Å². The third-order valence-corrected chi connectivity index (χ3v) is 5.00. The van der Waals surface area contributed by atoms with Gasteiger partial charge in [-0.05, 0) is 29.7 Å². The first-order valence-electron chi connectivity index (χ1n) is 9.59. The number of hydrogen-bond donors (Lipinski definition) is 4. The fraction of sp³-hybridized carbons (Fsp3) is 0.182. The number of aromatic hydroxyl groups is 1. The number of carbonyl (C=O) groups is 2. The number of aryl methyl sites for hydroxylation is 1. The molecular weight excluding hydrogens is 436 g/mol. The van der Waals surface area contributed by atoms with Crippen molar-refractivity contribution in [3.05, 3.63) is 92.1 Å². The number of nitrogens with one attached hydrogen (secondary N) is 2. The number of nitrogens with two attached hydrogens (primary N) is 1. The normalized spacial score (nSPS) is 11.6. The number of hydrogen-bond acceptors (Lipinski definition) is 7. The number of aromatic amines is 1. The van der Waals surface area contributed by atoms with Gasteiger partial charge >= 0.3 is 5.97 Å². The second-order valence-corrected chi connectivity index (χ2v) is 7.39. The predicted octanol–water partition coefficient (Wildman–Crippen LogP) is 2.11. The van der Waals surface area contributed by atoms with Crippen molar-refractivity contribution in [2.75, 3.05) is 0 Å². The molecule has 0 aliphatic heterocycles. The molecule has 9 nitrogen and oxygen atoms in total. The van der Waals surface area contributed by atoms with Crippen LogP contribution < -0.4 is 16.6 Å². The summed E-state index contributed by atoms with van der Waals surface area (Å²) in [5, 5.41) is 13.1. The van der Waals surface area contributed by atoms with Gasteiger partial charge in [0, 0.05) is 11.6 Å². The molecule has 1 unspecified atom stereocenters. The van der Waals surface area contributed by atoms with E-state index >= 15 is 0 Å². The van der Waals surface area contributed by atoms with Crippen LogP contribution in [0.15, 0.2) is 53.3 Å². The first kappa shape index (κ1) is 23.0. The number of nitrogens with zero attached hydrogens (tertiary/aromatic N) is 1. The van der Waals surface area contributed by atoms with E-state index in [2.05, 4.69) is 15.3 Å². The van der Waals surface area contributed by atoms with Crippen LogP contribution in [-0.2, 0) is 22.7 Å². The van der Waals surface area contributed by atoms with Gasteiger partial charge in [0.25, 0.3) is 11.5 Å². The lowest BCUT2D eigenvalue weighted by Gasteiger charge is -2.13. The molecular formula is C22H21ClN4O5. The molecule has 0 spiro atoms. The Morgan fingerprint density at radius 2 is 1.94 bits per heavy atom. The van der Waals surface area contributed by atoms with Gasteiger partial charge in [-0.3, -0.25) is 9.59 Å². The molecule has 166 valence electrons. The molecule has 10 heteroatoms. The minimum atomic E-state index is -1.46. The average molecular weight is 457 g/mol. The van der Waals surface area contributed by atoms with Gasteiger partial charge in [-0.1, -0.05) is 54.1 Å². The van der Waals surface area contributed by atoms with Crippen LogP contribution in [0.3, 0.4) is 0 Å². The highest BCUT2D eigenvalue weighted by Gasteiger charge is 2.25. The number of esters is 1. The molecule has 3 aromatic rings. The van der Waals surface area contributed by atoms with Crippen LogP contribution in [0.2, 0.25) is 5.02 Å². The summed E-state index contributed by atoms with van der Waals surface area (Å²) in [6, 6.07) is 12.7. The van der Waals surface area contributed by atoms with Crippen molar-refractivity contribution in [3.8, 4) is 5.75 Å². The first-order chi connectivity index (χ1) is 15.3. The predicted molar refractivity (Wildman–Crippen MR) is 117 cm³/mol. The van der Waals surface area contributed by atoms with Crippen LogP contribution >= 0.6 is 11.6 Å². The number of rotatable bonds is 7. The van der Waals surface area contributed by atoms with Crippen LogP contribution in [0, 0.1) is 6.92 Å². The Bertz CT molecular complexity index is 1200. The molecule has 1 amide bonds. The fourth-order valence-electron chi connectivity index (χ4n) is 2.73. The van der Waals surface area contributed by atoms with Crippen LogP contribution in [0.1, 0.15) is 39.0 Å². The topological polar surface area (TPSA) is 147 Å². The van der Waals surface area contributed by atoms with Crippen molar-refractivity contribution in [1.82, 2.24) is 15.3 Å². The molecule has 0 saturated carbocycles. The SMILES string of the molecule is Cc1ccc(CNC(=O)c2nc(C(N)C(=O)OCc3ccccc3)[nH]c(=O)c2O)cc1Cl. The number of carbonyl (C=O) groups excluding carboxylic acids is 2. The third kappa shape index (κ3) is 5.51. The molecule has 2 aromatic carbocycles. The molecule has 5 N–H and O–H groups in total. The largest absolute Gasteiger partial charge is 0.501 e. The van der Waals surface area contributed by atoms with Gasteiger partial charge < -0.3 is 25.9 Å². The maximum absolute atomic E-state index is 12.5. The summed E-state index contributed by atoms with van der Waals surface area (Å²) in [6.45, 7) is 1.90. The maximum Gasteiger partial charge on any atom is 0.331 e. The van der Waals surface area contributed by atoms with Crippen molar-refractivity contribution >= 4 is 23.5 Å². The summed E-state index contributed by atoms with van der Waals surface area (Å²) in [6.07, 6.45) is 0. The zero-order valence-electron chi connectivity index (χ0n) is 17.1. The molecule has 0 saturated heterocycles. The van der Waals surface area contributed by atoms with Crippen molar-refractivity contribution in [2.45, 2.75) is 26.1 Å². The number of aromatic nitrogens is 2. The number of H-pyrrole nitrogens is 1.